The van der Waals surface area contributed by atoms with Gasteiger partial charge >= 0.3 is 0 Å². The van der Waals surface area contributed by atoms with Crippen LogP contribution in [0.1, 0.15) is 41.0 Å². The summed E-state index contributed by atoms with van der Waals surface area (Å²) in [6, 6.07) is 15.4. The second kappa shape index (κ2) is 7.88. The van der Waals surface area contributed by atoms with Crippen LogP contribution in [0.3, 0.4) is 0 Å². The van der Waals surface area contributed by atoms with E-state index >= 15 is 0 Å². The van der Waals surface area contributed by atoms with Crippen molar-refractivity contribution < 1.29 is 9.90 Å². The third-order valence-corrected chi connectivity index (χ3v) is 4.29. The fourth-order valence-corrected chi connectivity index (χ4v) is 2.82. The quantitative estimate of drug-likeness (QED) is 0.892. The molecule has 122 valence electrons. The van der Waals surface area contributed by atoms with E-state index in [9.17, 15) is 9.90 Å². The summed E-state index contributed by atoms with van der Waals surface area (Å²) in [6.07, 6.45) is 0.615. The highest BCUT2D eigenvalue weighted by atomic mass is 16.3. The van der Waals surface area contributed by atoms with Gasteiger partial charge in [0.05, 0.1) is 0 Å². The molecule has 0 saturated carbocycles. The van der Waals surface area contributed by atoms with Gasteiger partial charge in [0.25, 0.3) is 5.91 Å². The van der Waals surface area contributed by atoms with Crippen LogP contribution >= 0.6 is 0 Å². The van der Waals surface area contributed by atoms with Crippen molar-refractivity contribution in [3.05, 3.63) is 65.5 Å². The van der Waals surface area contributed by atoms with Crippen LogP contribution in [0, 0.1) is 6.92 Å². The number of hydrogen-bond acceptors (Lipinski definition) is 3. The molecule has 1 aromatic carbocycles. The molecule has 0 aliphatic rings. The third kappa shape index (κ3) is 4.17. The van der Waals surface area contributed by atoms with Crippen LogP contribution in [0.15, 0.2) is 48.5 Å². The summed E-state index contributed by atoms with van der Waals surface area (Å²) in [5.74, 6) is -0.0139. The minimum atomic E-state index is -0.0972. The molecule has 23 heavy (non-hydrogen) atoms. The smallest absolute Gasteiger partial charge is 0.272 e. The summed E-state index contributed by atoms with van der Waals surface area (Å²) >= 11 is 0. The molecule has 2 rings (SSSR count). The molecule has 2 atom stereocenters. The Morgan fingerprint density at radius 3 is 2.48 bits per heavy atom. The molecule has 4 nitrogen and oxygen atoms in total. The van der Waals surface area contributed by atoms with Crippen molar-refractivity contribution in [3.8, 4) is 0 Å². The number of benzene rings is 1. The van der Waals surface area contributed by atoms with Gasteiger partial charge in [-0.1, -0.05) is 36.4 Å². The summed E-state index contributed by atoms with van der Waals surface area (Å²) in [7, 11) is 1.80. The third-order valence-electron chi connectivity index (χ3n) is 4.29. The van der Waals surface area contributed by atoms with Gasteiger partial charge in [-0.05, 0) is 38.0 Å². The first-order valence-electron chi connectivity index (χ1n) is 7.91. The van der Waals surface area contributed by atoms with Gasteiger partial charge in [0, 0.05) is 31.3 Å². The highest BCUT2D eigenvalue weighted by Gasteiger charge is 2.26. The molecule has 0 spiro atoms. The molecule has 4 heteroatoms. The summed E-state index contributed by atoms with van der Waals surface area (Å²) in [5, 5.41) is 9.40. The van der Waals surface area contributed by atoms with E-state index in [2.05, 4.69) is 4.98 Å². The van der Waals surface area contributed by atoms with Gasteiger partial charge in [-0.25, -0.2) is 4.98 Å². The maximum Gasteiger partial charge on any atom is 0.272 e. The molecule has 1 amide bonds. The maximum atomic E-state index is 12.7. The van der Waals surface area contributed by atoms with Crippen LogP contribution in [0.2, 0.25) is 0 Å². The molecular formula is C19H24N2O2. The molecule has 2 aromatic rings. The summed E-state index contributed by atoms with van der Waals surface area (Å²) in [5.41, 5.74) is 2.41. The number of rotatable bonds is 6. The van der Waals surface area contributed by atoms with Crippen LogP contribution in [0.4, 0.5) is 0 Å². The first-order chi connectivity index (χ1) is 11.0. The molecule has 1 N–H and O–H groups in total. The Labute approximate surface area is 137 Å². The summed E-state index contributed by atoms with van der Waals surface area (Å²) in [6.45, 7) is 3.98. The highest BCUT2D eigenvalue weighted by Crippen LogP contribution is 2.26. The average Bonchev–Trinajstić information content (AvgIpc) is 2.58. The van der Waals surface area contributed by atoms with Crippen molar-refractivity contribution in [1.82, 2.24) is 9.88 Å². The number of carbonyl (C=O) groups excluding carboxylic acids is 1. The van der Waals surface area contributed by atoms with E-state index in [0.29, 0.717) is 12.1 Å². The minimum absolute atomic E-state index is 0.0423. The zero-order chi connectivity index (χ0) is 16.8. The van der Waals surface area contributed by atoms with E-state index in [-0.39, 0.29) is 24.5 Å². The lowest BCUT2D eigenvalue weighted by Crippen LogP contribution is -2.39. The predicted octanol–water partition coefficient (Wildman–Crippen LogP) is 3.02. The van der Waals surface area contributed by atoms with Crippen molar-refractivity contribution in [1.29, 1.82) is 0 Å². The van der Waals surface area contributed by atoms with E-state index in [1.54, 1.807) is 18.0 Å². The Balaban J connectivity index is 2.22. The number of aliphatic hydroxyl groups is 1. The standard InChI is InChI=1S/C19H24N2O2/c1-14-8-7-11-18(20-14)19(23)21(3)15(2)17(12-13-22)16-9-5-4-6-10-16/h4-11,15,17,22H,12-13H2,1-3H3. The lowest BCUT2D eigenvalue weighted by molar-refractivity contribution is 0.0705. The molecule has 0 radical (unpaired) electrons. The van der Waals surface area contributed by atoms with Crippen LogP contribution in [0.5, 0.6) is 0 Å². The van der Waals surface area contributed by atoms with E-state index in [4.69, 9.17) is 0 Å². The Morgan fingerprint density at radius 1 is 1.17 bits per heavy atom. The average molecular weight is 312 g/mol. The zero-order valence-corrected chi connectivity index (χ0v) is 13.9. The number of aromatic nitrogens is 1. The number of amides is 1. The fourth-order valence-electron chi connectivity index (χ4n) is 2.82. The van der Waals surface area contributed by atoms with E-state index in [1.165, 1.54) is 0 Å². The largest absolute Gasteiger partial charge is 0.396 e. The molecule has 0 aliphatic heterocycles. The second-order valence-corrected chi connectivity index (χ2v) is 5.85. The highest BCUT2D eigenvalue weighted by molar-refractivity contribution is 5.92. The fraction of sp³-hybridized carbons (Fsp3) is 0.368. The van der Waals surface area contributed by atoms with E-state index in [0.717, 1.165) is 11.3 Å². The lowest BCUT2D eigenvalue weighted by Gasteiger charge is -2.32. The van der Waals surface area contributed by atoms with Crippen molar-refractivity contribution >= 4 is 5.91 Å². The summed E-state index contributed by atoms with van der Waals surface area (Å²) in [4.78, 5) is 18.7. The number of carbonyl (C=O) groups is 1. The van der Waals surface area contributed by atoms with Crippen LogP contribution in [-0.2, 0) is 0 Å². The molecule has 0 bridgehead atoms. The molecular weight excluding hydrogens is 288 g/mol. The number of likely N-dealkylation sites (N-methyl/N-ethyl adjacent to an activating group) is 1. The number of aryl methyl sites for hydroxylation is 1. The normalized spacial score (nSPS) is 13.4. The van der Waals surface area contributed by atoms with Crippen LogP contribution < -0.4 is 0 Å². The molecule has 0 fully saturated rings. The van der Waals surface area contributed by atoms with Gasteiger partial charge in [-0.3, -0.25) is 4.79 Å². The van der Waals surface area contributed by atoms with Gasteiger partial charge in [-0.2, -0.15) is 0 Å². The Hall–Kier alpha value is -2.20. The van der Waals surface area contributed by atoms with Gasteiger partial charge in [-0.15, -0.1) is 0 Å². The molecule has 1 heterocycles. The number of pyridine rings is 1. The number of nitrogens with zero attached hydrogens (tertiary/aromatic N) is 2. The van der Waals surface area contributed by atoms with Crippen molar-refractivity contribution in [2.75, 3.05) is 13.7 Å². The second-order valence-electron chi connectivity index (χ2n) is 5.85. The van der Waals surface area contributed by atoms with E-state index in [1.807, 2.05) is 56.3 Å². The Kier molecular flexibility index (Phi) is 5.88. The Bertz CT molecular complexity index is 643. The van der Waals surface area contributed by atoms with Gasteiger partial charge in [0.15, 0.2) is 0 Å². The minimum Gasteiger partial charge on any atom is -0.396 e. The lowest BCUT2D eigenvalue weighted by atomic mass is 9.89. The number of hydrogen-bond donors (Lipinski definition) is 1. The zero-order valence-electron chi connectivity index (χ0n) is 13.9. The Morgan fingerprint density at radius 2 is 1.87 bits per heavy atom. The van der Waals surface area contributed by atoms with Crippen LogP contribution in [-0.4, -0.2) is 40.6 Å². The SMILES string of the molecule is Cc1cccc(C(=O)N(C)C(C)C(CCO)c2ccccc2)n1. The van der Waals surface area contributed by atoms with Gasteiger partial charge in [0.2, 0.25) is 0 Å². The molecule has 0 aliphatic carbocycles. The summed E-state index contributed by atoms with van der Waals surface area (Å²) < 4.78 is 0. The molecule has 2 unspecified atom stereocenters. The topological polar surface area (TPSA) is 53.4 Å². The van der Waals surface area contributed by atoms with Crippen molar-refractivity contribution in [2.45, 2.75) is 32.2 Å². The molecule has 0 saturated heterocycles. The van der Waals surface area contributed by atoms with Crippen molar-refractivity contribution in [3.63, 3.8) is 0 Å². The monoisotopic (exact) mass is 312 g/mol. The van der Waals surface area contributed by atoms with Crippen molar-refractivity contribution in [2.24, 2.45) is 0 Å². The van der Waals surface area contributed by atoms with Gasteiger partial charge < -0.3 is 10.0 Å². The van der Waals surface area contributed by atoms with E-state index < -0.39 is 0 Å². The van der Waals surface area contributed by atoms with Gasteiger partial charge in [0.1, 0.15) is 5.69 Å². The first kappa shape index (κ1) is 17.2. The molecule has 1 aromatic heterocycles. The van der Waals surface area contributed by atoms with Crippen LogP contribution in [0.25, 0.3) is 0 Å². The first-order valence-corrected chi connectivity index (χ1v) is 7.91. The predicted molar refractivity (Wildman–Crippen MR) is 91.4 cm³/mol. The maximum absolute atomic E-state index is 12.7. The number of aliphatic hydroxyl groups excluding tert-OH is 1.